The van der Waals surface area contributed by atoms with Crippen molar-refractivity contribution in [1.29, 1.82) is 0 Å². The molecule has 0 fully saturated rings. The van der Waals surface area contributed by atoms with Crippen LogP contribution in [0, 0.1) is 0 Å². The Balaban J connectivity index is 2.74. The second-order valence-electron chi connectivity index (χ2n) is 2.88. The molecule has 73 valence electrons. The van der Waals surface area contributed by atoms with Gasteiger partial charge in [0.2, 0.25) is 0 Å². The molecule has 0 amide bonds. The van der Waals surface area contributed by atoms with Crippen LogP contribution in [0.3, 0.4) is 0 Å². The molecule has 0 aliphatic rings. The van der Waals surface area contributed by atoms with Crippen molar-refractivity contribution in [1.82, 2.24) is 4.98 Å². The lowest BCUT2D eigenvalue weighted by atomic mass is 10.3. The number of hydrogen-bond acceptors (Lipinski definition) is 4. The van der Waals surface area contributed by atoms with E-state index in [4.69, 9.17) is 12.6 Å². The zero-order valence-corrected chi connectivity index (χ0v) is 9.67. The van der Waals surface area contributed by atoms with E-state index in [1.54, 1.807) is 18.2 Å². The van der Waals surface area contributed by atoms with Gasteiger partial charge < -0.3 is 0 Å². The van der Waals surface area contributed by atoms with Crippen LogP contribution >= 0.6 is 24.0 Å². The first-order valence-electron chi connectivity index (χ1n) is 3.74. The van der Waals surface area contributed by atoms with Gasteiger partial charge in [0.1, 0.15) is 0 Å². The number of hydrogen-bond donors (Lipinski definition) is 0. The van der Waals surface area contributed by atoms with Crippen LogP contribution < -0.4 is 0 Å². The fourth-order valence-corrected chi connectivity index (χ4v) is 2.80. The fraction of sp³-hybridized carbons (Fsp3) is 0.125. The minimum atomic E-state index is -3.15. The van der Waals surface area contributed by atoms with E-state index in [9.17, 15) is 8.42 Å². The largest absolute Gasteiger partial charge is 0.225 e. The van der Waals surface area contributed by atoms with Crippen LogP contribution in [0.5, 0.6) is 0 Å². The molecule has 0 aliphatic heterocycles. The van der Waals surface area contributed by atoms with E-state index < -0.39 is 9.84 Å². The molecule has 1 aromatic carbocycles. The number of nitrogens with zero attached hydrogens (tertiary/aromatic N) is 1. The average Bonchev–Trinajstić information content (AvgIpc) is 2.41. The van der Waals surface area contributed by atoms with Crippen LogP contribution in [0.1, 0.15) is 0 Å². The summed E-state index contributed by atoms with van der Waals surface area (Å²) in [4.78, 5) is 4.34. The molecular weight excluding hydrogens is 238 g/mol. The summed E-state index contributed by atoms with van der Waals surface area (Å²) >= 11 is 6.29. The number of benzene rings is 1. The SMILES string of the molecule is CS(=O)(=O)c1ccc2sc([S])nc2c1. The summed E-state index contributed by atoms with van der Waals surface area (Å²) in [5, 5.41) is 0. The van der Waals surface area contributed by atoms with Gasteiger partial charge in [0.15, 0.2) is 14.2 Å². The molecule has 6 heteroatoms. The van der Waals surface area contributed by atoms with Crippen LogP contribution in [0.15, 0.2) is 27.4 Å². The van der Waals surface area contributed by atoms with Crippen molar-refractivity contribution in [3.05, 3.63) is 18.2 Å². The van der Waals surface area contributed by atoms with Crippen molar-refractivity contribution >= 4 is 44.0 Å². The van der Waals surface area contributed by atoms with Gasteiger partial charge in [0, 0.05) is 6.26 Å². The Labute approximate surface area is 91.1 Å². The highest BCUT2D eigenvalue weighted by Gasteiger charge is 2.09. The highest BCUT2D eigenvalue weighted by atomic mass is 32.2. The quantitative estimate of drug-likeness (QED) is 0.773. The van der Waals surface area contributed by atoms with E-state index >= 15 is 0 Å². The van der Waals surface area contributed by atoms with Gasteiger partial charge >= 0.3 is 0 Å². The van der Waals surface area contributed by atoms with E-state index in [0.29, 0.717) is 9.86 Å². The maximum absolute atomic E-state index is 11.2. The third kappa shape index (κ3) is 1.73. The lowest BCUT2D eigenvalue weighted by Crippen LogP contribution is -1.95. The minimum absolute atomic E-state index is 0.283. The topological polar surface area (TPSA) is 47.0 Å². The van der Waals surface area contributed by atoms with Gasteiger partial charge in [-0.25, -0.2) is 13.4 Å². The van der Waals surface area contributed by atoms with Crippen LogP contribution in [-0.4, -0.2) is 19.7 Å². The summed E-state index contributed by atoms with van der Waals surface area (Å²) < 4.78 is 23.9. The Hall–Kier alpha value is -0.720. The summed E-state index contributed by atoms with van der Waals surface area (Å²) in [7, 11) is -3.15. The summed E-state index contributed by atoms with van der Waals surface area (Å²) in [5.74, 6) is 0. The van der Waals surface area contributed by atoms with Crippen molar-refractivity contribution < 1.29 is 8.42 Å². The van der Waals surface area contributed by atoms with Crippen LogP contribution in [-0.2, 0) is 9.84 Å². The molecule has 0 aliphatic carbocycles. The highest BCUT2D eigenvalue weighted by Crippen LogP contribution is 2.26. The number of thiazole rings is 1. The fourth-order valence-electron chi connectivity index (χ4n) is 1.12. The second kappa shape index (κ2) is 3.15. The van der Waals surface area contributed by atoms with Gasteiger partial charge in [0.25, 0.3) is 0 Å². The predicted octanol–water partition coefficient (Wildman–Crippen LogP) is 2.26. The van der Waals surface area contributed by atoms with Crippen LogP contribution in [0.4, 0.5) is 0 Å². The monoisotopic (exact) mass is 244 g/mol. The van der Waals surface area contributed by atoms with Gasteiger partial charge in [-0.1, -0.05) is 0 Å². The van der Waals surface area contributed by atoms with Gasteiger partial charge in [-0.15, -0.1) is 11.3 Å². The van der Waals surface area contributed by atoms with Crippen LogP contribution in [0.25, 0.3) is 10.2 Å². The normalized spacial score (nSPS) is 12.1. The predicted molar refractivity (Wildman–Crippen MR) is 58.6 cm³/mol. The van der Waals surface area contributed by atoms with Crippen molar-refractivity contribution in [2.45, 2.75) is 9.24 Å². The van der Waals surface area contributed by atoms with Gasteiger partial charge in [-0.3, -0.25) is 0 Å². The summed E-state index contributed by atoms with van der Waals surface area (Å²) in [5.41, 5.74) is 0.655. The van der Waals surface area contributed by atoms with Crippen LogP contribution in [0.2, 0.25) is 0 Å². The molecule has 0 unspecified atom stereocenters. The minimum Gasteiger partial charge on any atom is -0.225 e. The molecule has 2 rings (SSSR count). The average molecular weight is 244 g/mol. The number of rotatable bonds is 1. The third-order valence-electron chi connectivity index (χ3n) is 1.77. The molecule has 2 aromatic rings. The third-order valence-corrected chi connectivity index (χ3v) is 4.05. The Morgan fingerprint density at radius 2 is 2.14 bits per heavy atom. The lowest BCUT2D eigenvalue weighted by molar-refractivity contribution is 0.602. The Bertz CT molecular complexity index is 586. The molecule has 0 N–H and O–H groups in total. The smallest absolute Gasteiger partial charge is 0.181 e. The molecule has 3 nitrogen and oxygen atoms in total. The molecule has 1 heterocycles. The standard InChI is InChI=1S/C8H6NO2S3/c1-14(10,11)5-2-3-7-6(4-5)9-8(12)13-7/h2-4H,1H3. The molecular formula is C8H6NO2S3. The van der Waals surface area contributed by atoms with E-state index in [-0.39, 0.29) is 4.90 Å². The van der Waals surface area contributed by atoms with Gasteiger partial charge in [-0.2, -0.15) is 0 Å². The van der Waals surface area contributed by atoms with E-state index in [0.717, 1.165) is 4.70 Å². The Kier molecular flexibility index (Phi) is 2.21. The number of fused-ring (bicyclic) bond motifs is 1. The molecule has 14 heavy (non-hydrogen) atoms. The second-order valence-corrected chi connectivity index (χ2v) is 6.57. The first-order chi connectivity index (χ1) is 6.47. The Morgan fingerprint density at radius 3 is 2.79 bits per heavy atom. The Morgan fingerprint density at radius 1 is 1.43 bits per heavy atom. The first-order valence-corrected chi connectivity index (χ1v) is 6.86. The zero-order valence-electron chi connectivity index (χ0n) is 7.22. The maximum Gasteiger partial charge on any atom is 0.181 e. The maximum atomic E-state index is 11.2. The van der Waals surface area contributed by atoms with Crippen molar-refractivity contribution in [2.75, 3.05) is 6.26 Å². The molecule has 0 spiro atoms. The molecule has 0 atom stereocenters. The van der Waals surface area contributed by atoms with E-state index in [2.05, 4.69) is 4.98 Å². The molecule has 0 saturated heterocycles. The van der Waals surface area contributed by atoms with E-state index in [1.165, 1.54) is 17.6 Å². The summed E-state index contributed by atoms with van der Waals surface area (Å²) in [6.07, 6.45) is 1.18. The van der Waals surface area contributed by atoms with Crippen molar-refractivity contribution in [3.63, 3.8) is 0 Å². The van der Waals surface area contributed by atoms with Crippen molar-refractivity contribution in [3.8, 4) is 0 Å². The summed E-state index contributed by atoms with van der Waals surface area (Å²) in [6, 6.07) is 4.86. The van der Waals surface area contributed by atoms with Gasteiger partial charge in [-0.05, 0) is 30.8 Å². The highest BCUT2D eigenvalue weighted by molar-refractivity contribution is 7.90. The van der Waals surface area contributed by atoms with Gasteiger partial charge in [0.05, 0.1) is 15.1 Å². The summed E-state index contributed by atoms with van der Waals surface area (Å²) in [6.45, 7) is 0. The van der Waals surface area contributed by atoms with E-state index in [1.807, 2.05) is 0 Å². The number of sulfone groups is 1. The zero-order chi connectivity index (χ0) is 10.3. The molecule has 0 saturated carbocycles. The molecule has 0 bridgehead atoms. The first kappa shape index (κ1) is 9.82. The molecule has 1 radical (unpaired) electrons. The molecule has 1 aromatic heterocycles. The lowest BCUT2D eigenvalue weighted by Gasteiger charge is -1.96. The number of aromatic nitrogens is 1. The van der Waals surface area contributed by atoms with Crippen molar-refractivity contribution in [2.24, 2.45) is 0 Å².